The first-order valence-electron chi connectivity index (χ1n) is 6.63. The van der Waals surface area contributed by atoms with E-state index in [1.807, 2.05) is 24.9 Å². The number of aromatic nitrogens is 2. The van der Waals surface area contributed by atoms with Gasteiger partial charge in [0.1, 0.15) is 17.4 Å². The first-order chi connectivity index (χ1) is 9.67. The third-order valence-electron chi connectivity index (χ3n) is 3.51. The Morgan fingerprint density at radius 1 is 1.45 bits per heavy atom. The summed E-state index contributed by atoms with van der Waals surface area (Å²) in [5.74, 6) is 1.31. The second-order valence-electron chi connectivity index (χ2n) is 4.69. The summed E-state index contributed by atoms with van der Waals surface area (Å²) in [4.78, 5) is 4.29. The van der Waals surface area contributed by atoms with Crippen molar-refractivity contribution in [2.75, 3.05) is 14.2 Å². The molecule has 2 aromatic rings. The molecule has 5 heteroatoms. The highest BCUT2D eigenvalue weighted by Gasteiger charge is 2.19. The summed E-state index contributed by atoms with van der Waals surface area (Å²) >= 11 is 0. The van der Waals surface area contributed by atoms with Gasteiger partial charge in [-0.15, -0.1) is 0 Å². The Hall–Kier alpha value is -1.88. The number of methoxy groups -OCH3 is 1. The van der Waals surface area contributed by atoms with Gasteiger partial charge in [-0.1, -0.05) is 6.07 Å². The molecule has 20 heavy (non-hydrogen) atoms. The van der Waals surface area contributed by atoms with Gasteiger partial charge in [-0.05, 0) is 25.6 Å². The number of hydrogen-bond donors (Lipinski definition) is 1. The molecule has 0 saturated heterocycles. The molecular formula is C15H20FN3O. The van der Waals surface area contributed by atoms with Crippen LogP contribution in [0, 0.1) is 5.82 Å². The van der Waals surface area contributed by atoms with Crippen LogP contribution >= 0.6 is 0 Å². The fraction of sp³-hybridized carbons (Fsp3) is 0.400. The quantitative estimate of drug-likeness (QED) is 0.881. The Morgan fingerprint density at radius 2 is 2.25 bits per heavy atom. The minimum atomic E-state index is -0.247. The Morgan fingerprint density at radius 3 is 2.85 bits per heavy atom. The average molecular weight is 277 g/mol. The SMILES string of the molecule is CNC(CCc1nccn1C)c1c(F)cccc1OC. The van der Waals surface area contributed by atoms with E-state index in [4.69, 9.17) is 4.74 Å². The summed E-state index contributed by atoms with van der Waals surface area (Å²) in [6, 6.07) is 4.79. The Bertz CT molecular complexity index is 568. The summed E-state index contributed by atoms with van der Waals surface area (Å²) < 4.78 is 21.3. The molecule has 108 valence electrons. The molecule has 0 amide bonds. The summed E-state index contributed by atoms with van der Waals surface area (Å²) in [6.45, 7) is 0. The van der Waals surface area contributed by atoms with Crippen LogP contribution in [0.5, 0.6) is 5.75 Å². The topological polar surface area (TPSA) is 39.1 Å². The molecule has 1 aromatic carbocycles. The van der Waals surface area contributed by atoms with Crippen molar-refractivity contribution in [3.8, 4) is 5.75 Å². The Kier molecular flexibility index (Phi) is 4.74. The summed E-state index contributed by atoms with van der Waals surface area (Å²) in [5, 5.41) is 3.16. The van der Waals surface area contributed by atoms with Crippen LogP contribution in [0.15, 0.2) is 30.6 Å². The van der Waals surface area contributed by atoms with Crippen molar-refractivity contribution in [3.05, 3.63) is 47.8 Å². The molecule has 1 aromatic heterocycles. The van der Waals surface area contributed by atoms with E-state index in [0.29, 0.717) is 11.3 Å². The monoisotopic (exact) mass is 277 g/mol. The van der Waals surface area contributed by atoms with Gasteiger partial charge < -0.3 is 14.6 Å². The number of rotatable bonds is 6. The van der Waals surface area contributed by atoms with E-state index in [0.717, 1.165) is 18.7 Å². The van der Waals surface area contributed by atoms with Crippen LogP contribution in [0.4, 0.5) is 4.39 Å². The van der Waals surface area contributed by atoms with Crippen LogP contribution in [0.25, 0.3) is 0 Å². The summed E-state index contributed by atoms with van der Waals surface area (Å²) in [6.07, 6.45) is 5.20. The number of aryl methyl sites for hydroxylation is 2. The predicted molar refractivity (Wildman–Crippen MR) is 76.3 cm³/mol. The molecule has 4 nitrogen and oxygen atoms in total. The molecule has 0 aliphatic carbocycles. The van der Waals surface area contributed by atoms with E-state index in [-0.39, 0.29) is 11.9 Å². The minimum absolute atomic E-state index is 0.108. The van der Waals surface area contributed by atoms with E-state index < -0.39 is 0 Å². The maximum atomic E-state index is 14.1. The standard InChI is InChI=1S/C15H20FN3O/c1-17-12(7-8-14-18-9-10-19(14)2)15-11(16)5-4-6-13(15)20-3/h4-6,9-10,12,17H,7-8H2,1-3H3. The van der Waals surface area contributed by atoms with Crippen molar-refractivity contribution in [2.45, 2.75) is 18.9 Å². The molecule has 1 heterocycles. The molecule has 0 aliphatic rings. The van der Waals surface area contributed by atoms with Gasteiger partial charge >= 0.3 is 0 Å². The lowest BCUT2D eigenvalue weighted by atomic mass is 10.00. The third-order valence-corrected chi connectivity index (χ3v) is 3.51. The van der Waals surface area contributed by atoms with E-state index >= 15 is 0 Å². The molecule has 1 atom stereocenters. The van der Waals surface area contributed by atoms with Gasteiger partial charge in [0, 0.05) is 37.5 Å². The molecule has 2 rings (SSSR count). The van der Waals surface area contributed by atoms with Crippen molar-refractivity contribution in [1.29, 1.82) is 0 Å². The molecule has 0 bridgehead atoms. The van der Waals surface area contributed by atoms with Gasteiger partial charge in [0.2, 0.25) is 0 Å². The number of imidazole rings is 1. The number of ether oxygens (including phenoxy) is 1. The third kappa shape index (κ3) is 2.99. The van der Waals surface area contributed by atoms with Crippen LogP contribution in [0.1, 0.15) is 23.9 Å². The van der Waals surface area contributed by atoms with E-state index in [2.05, 4.69) is 10.3 Å². The normalized spacial score (nSPS) is 12.4. The van der Waals surface area contributed by atoms with Crippen molar-refractivity contribution in [2.24, 2.45) is 7.05 Å². The largest absolute Gasteiger partial charge is 0.496 e. The Balaban J connectivity index is 2.18. The molecule has 0 fully saturated rings. The molecule has 0 aliphatic heterocycles. The predicted octanol–water partition coefficient (Wildman–Crippen LogP) is 2.46. The number of nitrogens with zero attached hydrogens (tertiary/aromatic N) is 2. The van der Waals surface area contributed by atoms with E-state index in [9.17, 15) is 4.39 Å². The zero-order chi connectivity index (χ0) is 14.5. The number of hydrogen-bond acceptors (Lipinski definition) is 3. The minimum Gasteiger partial charge on any atom is -0.496 e. The lowest BCUT2D eigenvalue weighted by molar-refractivity contribution is 0.389. The molecule has 0 saturated carbocycles. The first kappa shape index (κ1) is 14.5. The zero-order valence-electron chi connectivity index (χ0n) is 12.1. The lowest BCUT2D eigenvalue weighted by Crippen LogP contribution is -2.20. The van der Waals surface area contributed by atoms with Gasteiger partial charge in [0.15, 0.2) is 0 Å². The molecular weight excluding hydrogens is 257 g/mol. The summed E-state index contributed by atoms with van der Waals surface area (Å²) in [7, 11) is 5.35. The van der Waals surface area contributed by atoms with Crippen LogP contribution < -0.4 is 10.1 Å². The summed E-state index contributed by atoms with van der Waals surface area (Å²) in [5.41, 5.74) is 0.576. The van der Waals surface area contributed by atoms with Gasteiger partial charge in [0.05, 0.1) is 7.11 Å². The second-order valence-corrected chi connectivity index (χ2v) is 4.69. The molecule has 0 spiro atoms. The molecule has 1 unspecified atom stereocenters. The van der Waals surface area contributed by atoms with E-state index in [1.54, 1.807) is 25.4 Å². The first-order valence-corrected chi connectivity index (χ1v) is 6.63. The number of nitrogens with one attached hydrogen (secondary N) is 1. The van der Waals surface area contributed by atoms with Gasteiger partial charge in [-0.3, -0.25) is 0 Å². The lowest BCUT2D eigenvalue weighted by Gasteiger charge is -2.20. The zero-order valence-corrected chi connectivity index (χ0v) is 12.1. The van der Waals surface area contributed by atoms with E-state index in [1.165, 1.54) is 6.07 Å². The average Bonchev–Trinajstić information content (AvgIpc) is 2.86. The van der Waals surface area contributed by atoms with Crippen LogP contribution in [-0.2, 0) is 13.5 Å². The molecule has 1 N–H and O–H groups in total. The molecule has 0 radical (unpaired) electrons. The van der Waals surface area contributed by atoms with Crippen LogP contribution in [0.2, 0.25) is 0 Å². The fourth-order valence-corrected chi connectivity index (χ4v) is 2.38. The smallest absolute Gasteiger partial charge is 0.131 e. The maximum absolute atomic E-state index is 14.1. The van der Waals surface area contributed by atoms with Crippen LogP contribution in [-0.4, -0.2) is 23.7 Å². The van der Waals surface area contributed by atoms with Crippen molar-refractivity contribution < 1.29 is 9.13 Å². The highest BCUT2D eigenvalue weighted by Crippen LogP contribution is 2.30. The van der Waals surface area contributed by atoms with Gasteiger partial charge in [-0.25, -0.2) is 9.37 Å². The second kappa shape index (κ2) is 6.52. The van der Waals surface area contributed by atoms with Crippen molar-refractivity contribution >= 4 is 0 Å². The number of halogens is 1. The van der Waals surface area contributed by atoms with Crippen molar-refractivity contribution in [3.63, 3.8) is 0 Å². The highest BCUT2D eigenvalue weighted by atomic mass is 19.1. The van der Waals surface area contributed by atoms with Gasteiger partial charge in [0.25, 0.3) is 0 Å². The van der Waals surface area contributed by atoms with Crippen molar-refractivity contribution in [1.82, 2.24) is 14.9 Å². The maximum Gasteiger partial charge on any atom is 0.131 e. The van der Waals surface area contributed by atoms with Crippen LogP contribution in [0.3, 0.4) is 0 Å². The number of benzene rings is 1. The highest BCUT2D eigenvalue weighted by molar-refractivity contribution is 5.37. The fourth-order valence-electron chi connectivity index (χ4n) is 2.38. The Labute approximate surface area is 118 Å². The van der Waals surface area contributed by atoms with Gasteiger partial charge in [-0.2, -0.15) is 0 Å².